The predicted molar refractivity (Wildman–Crippen MR) is 141 cm³/mol. The summed E-state index contributed by atoms with van der Waals surface area (Å²) in [5.74, 6) is 1.98. The first kappa shape index (κ1) is 24.0. The van der Waals surface area contributed by atoms with Gasteiger partial charge in [-0.25, -0.2) is 4.98 Å². The number of likely N-dealkylation sites (tertiary alicyclic amines) is 2. The molecule has 0 aliphatic carbocycles. The van der Waals surface area contributed by atoms with Crippen LogP contribution in [-0.4, -0.2) is 77.0 Å². The molecular weight excluding hydrogens is 436 g/mol. The van der Waals surface area contributed by atoms with Crippen molar-refractivity contribution in [3.8, 4) is 0 Å². The fraction of sp³-hybridized carbons (Fsp3) is 0.607. The van der Waals surface area contributed by atoms with Crippen molar-refractivity contribution in [2.45, 2.75) is 70.4 Å². The van der Waals surface area contributed by atoms with E-state index >= 15 is 0 Å². The van der Waals surface area contributed by atoms with Gasteiger partial charge in [-0.1, -0.05) is 31.0 Å². The summed E-state index contributed by atoms with van der Waals surface area (Å²) in [5.41, 5.74) is 1.90. The van der Waals surface area contributed by atoms with Gasteiger partial charge < -0.3 is 15.1 Å². The number of rotatable bonds is 5. The van der Waals surface area contributed by atoms with E-state index in [1.807, 2.05) is 43.5 Å². The van der Waals surface area contributed by atoms with Gasteiger partial charge in [-0.2, -0.15) is 4.98 Å². The van der Waals surface area contributed by atoms with Crippen LogP contribution in [0, 0.1) is 6.92 Å². The molecule has 1 amide bonds. The molecule has 0 spiro atoms. The van der Waals surface area contributed by atoms with Gasteiger partial charge >= 0.3 is 0 Å². The van der Waals surface area contributed by atoms with Crippen molar-refractivity contribution in [2.75, 3.05) is 49.5 Å². The zero-order valence-electron chi connectivity index (χ0n) is 21.2. The predicted octanol–water partition coefficient (Wildman–Crippen LogP) is 4.35. The summed E-state index contributed by atoms with van der Waals surface area (Å²) in [6.45, 7) is 7.97. The van der Waals surface area contributed by atoms with E-state index in [0.717, 1.165) is 87.8 Å². The summed E-state index contributed by atoms with van der Waals surface area (Å²) in [6, 6.07) is 10.8. The van der Waals surface area contributed by atoms with Crippen LogP contribution >= 0.6 is 0 Å². The van der Waals surface area contributed by atoms with Gasteiger partial charge in [-0.3, -0.25) is 9.69 Å². The highest BCUT2D eigenvalue weighted by atomic mass is 16.2. The van der Waals surface area contributed by atoms with E-state index in [1.54, 1.807) is 0 Å². The van der Waals surface area contributed by atoms with Gasteiger partial charge in [0.1, 0.15) is 5.82 Å². The SMILES string of the molecule is Cc1ccccc1C(=O)N1CCCC(N2CCCC(Nc3nccc(N4CCCCCC4)n3)C2)C1. The van der Waals surface area contributed by atoms with Crippen LogP contribution in [0.3, 0.4) is 0 Å². The normalized spacial score (nSPS) is 24.1. The van der Waals surface area contributed by atoms with E-state index in [-0.39, 0.29) is 5.91 Å². The van der Waals surface area contributed by atoms with E-state index in [1.165, 1.54) is 25.7 Å². The maximum atomic E-state index is 13.2. The monoisotopic (exact) mass is 476 g/mol. The number of piperidine rings is 2. The highest BCUT2D eigenvalue weighted by molar-refractivity contribution is 5.95. The molecule has 0 saturated carbocycles. The molecule has 0 bridgehead atoms. The molecule has 35 heavy (non-hydrogen) atoms. The number of aromatic nitrogens is 2. The quantitative estimate of drug-likeness (QED) is 0.692. The molecular formula is C28H40N6O. The molecule has 3 fully saturated rings. The van der Waals surface area contributed by atoms with Crippen molar-refractivity contribution in [3.63, 3.8) is 0 Å². The maximum Gasteiger partial charge on any atom is 0.254 e. The van der Waals surface area contributed by atoms with Crippen LogP contribution < -0.4 is 10.2 Å². The molecule has 188 valence electrons. The number of hydrogen-bond acceptors (Lipinski definition) is 6. The number of benzene rings is 1. The second-order valence-electron chi connectivity index (χ2n) is 10.5. The molecule has 7 heteroatoms. The fourth-order valence-corrected chi connectivity index (χ4v) is 5.95. The number of aryl methyl sites for hydroxylation is 1. The summed E-state index contributed by atoms with van der Waals surface area (Å²) in [5, 5.41) is 3.64. The lowest BCUT2D eigenvalue weighted by Crippen LogP contribution is -2.54. The third kappa shape index (κ3) is 5.95. The Balaban J connectivity index is 1.20. The Kier molecular flexibility index (Phi) is 7.82. The molecule has 2 aromatic rings. The van der Waals surface area contributed by atoms with E-state index in [9.17, 15) is 4.79 Å². The smallest absolute Gasteiger partial charge is 0.254 e. The standard InChI is InChI=1S/C28H40N6O/c1-22-10-4-5-13-25(22)27(35)34-19-9-12-24(21-34)33-18-8-11-23(20-33)30-28-29-15-14-26(31-28)32-16-6-2-3-7-17-32/h4-5,10,13-15,23-24H,2-3,6-9,11-12,16-21H2,1H3,(H,29,30,31). The minimum absolute atomic E-state index is 0.179. The molecule has 1 aromatic heterocycles. The fourth-order valence-electron chi connectivity index (χ4n) is 5.95. The number of nitrogens with one attached hydrogen (secondary N) is 1. The zero-order chi connectivity index (χ0) is 24.0. The zero-order valence-corrected chi connectivity index (χ0v) is 21.2. The molecule has 1 N–H and O–H groups in total. The van der Waals surface area contributed by atoms with Crippen molar-refractivity contribution in [1.29, 1.82) is 0 Å². The van der Waals surface area contributed by atoms with Gasteiger partial charge in [0.15, 0.2) is 0 Å². The van der Waals surface area contributed by atoms with Crippen LogP contribution in [-0.2, 0) is 0 Å². The van der Waals surface area contributed by atoms with Crippen LogP contribution in [0.4, 0.5) is 11.8 Å². The van der Waals surface area contributed by atoms with Crippen molar-refractivity contribution >= 4 is 17.7 Å². The number of hydrogen-bond donors (Lipinski definition) is 1. The Morgan fingerprint density at radius 1 is 0.914 bits per heavy atom. The summed E-state index contributed by atoms with van der Waals surface area (Å²) in [6.07, 6.45) is 11.5. The van der Waals surface area contributed by atoms with Crippen molar-refractivity contribution in [3.05, 3.63) is 47.7 Å². The molecule has 3 aliphatic rings. The first-order valence-electron chi connectivity index (χ1n) is 13.6. The van der Waals surface area contributed by atoms with Crippen molar-refractivity contribution in [2.24, 2.45) is 0 Å². The van der Waals surface area contributed by atoms with Gasteiger partial charge in [0, 0.05) is 56.6 Å². The molecule has 2 atom stereocenters. The first-order valence-corrected chi connectivity index (χ1v) is 13.6. The third-order valence-corrected chi connectivity index (χ3v) is 7.93. The topological polar surface area (TPSA) is 64.6 Å². The second kappa shape index (κ2) is 11.4. The summed E-state index contributed by atoms with van der Waals surface area (Å²) in [4.78, 5) is 29.7. The number of carbonyl (C=O) groups excluding carboxylic acids is 1. The Labute approximate surface area is 209 Å². The van der Waals surface area contributed by atoms with E-state index in [4.69, 9.17) is 4.98 Å². The Morgan fingerprint density at radius 3 is 2.54 bits per heavy atom. The van der Waals surface area contributed by atoms with E-state index < -0.39 is 0 Å². The third-order valence-electron chi connectivity index (χ3n) is 7.93. The first-order chi connectivity index (χ1) is 17.2. The summed E-state index contributed by atoms with van der Waals surface area (Å²) in [7, 11) is 0. The minimum Gasteiger partial charge on any atom is -0.356 e. The molecule has 1 aromatic carbocycles. The molecule has 4 heterocycles. The van der Waals surface area contributed by atoms with Gasteiger partial charge in [0.05, 0.1) is 0 Å². The van der Waals surface area contributed by atoms with Crippen LogP contribution in [0.15, 0.2) is 36.5 Å². The Morgan fingerprint density at radius 2 is 1.71 bits per heavy atom. The van der Waals surface area contributed by atoms with Gasteiger partial charge in [0.2, 0.25) is 5.95 Å². The summed E-state index contributed by atoms with van der Waals surface area (Å²) >= 11 is 0. The van der Waals surface area contributed by atoms with Crippen molar-refractivity contribution in [1.82, 2.24) is 19.8 Å². The molecule has 0 radical (unpaired) electrons. The maximum absolute atomic E-state index is 13.2. The number of anilines is 2. The van der Waals surface area contributed by atoms with Crippen LogP contribution in [0.25, 0.3) is 0 Å². The minimum atomic E-state index is 0.179. The lowest BCUT2D eigenvalue weighted by atomic mass is 9.97. The second-order valence-corrected chi connectivity index (χ2v) is 10.5. The molecule has 3 aliphatic heterocycles. The van der Waals surface area contributed by atoms with Gasteiger partial charge in [0.25, 0.3) is 5.91 Å². The summed E-state index contributed by atoms with van der Waals surface area (Å²) < 4.78 is 0. The number of carbonyl (C=O) groups is 1. The lowest BCUT2D eigenvalue weighted by Gasteiger charge is -2.43. The Bertz CT molecular complexity index is 989. The Hall–Kier alpha value is -2.67. The van der Waals surface area contributed by atoms with E-state index in [2.05, 4.69) is 25.0 Å². The highest BCUT2D eigenvalue weighted by Crippen LogP contribution is 2.24. The molecule has 3 saturated heterocycles. The molecule has 5 rings (SSSR count). The largest absolute Gasteiger partial charge is 0.356 e. The van der Waals surface area contributed by atoms with Crippen LogP contribution in [0.1, 0.15) is 67.3 Å². The lowest BCUT2D eigenvalue weighted by molar-refractivity contribution is 0.0525. The average Bonchev–Trinajstić information content (AvgIpc) is 3.19. The number of amides is 1. The van der Waals surface area contributed by atoms with Crippen LogP contribution in [0.5, 0.6) is 0 Å². The van der Waals surface area contributed by atoms with Crippen LogP contribution in [0.2, 0.25) is 0 Å². The molecule has 2 unspecified atom stereocenters. The van der Waals surface area contributed by atoms with E-state index in [0.29, 0.717) is 12.1 Å². The van der Waals surface area contributed by atoms with Gasteiger partial charge in [-0.15, -0.1) is 0 Å². The van der Waals surface area contributed by atoms with Crippen molar-refractivity contribution < 1.29 is 4.79 Å². The van der Waals surface area contributed by atoms with Gasteiger partial charge in [-0.05, 0) is 69.7 Å². The molecule has 7 nitrogen and oxygen atoms in total. The average molecular weight is 477 g/mol. The highest BCUT2D eigenvalue weighted by Gasteiger charge is 2.32. The number of nitrogens with zero attached hydrogens (tertiary/aromatic N) is 5.